The van der Waals surface area contributed by atoms with Crippen molar-refractivity contribution in [1.29, 1.82) is 0 Å². The maximum absolute atomic E-state index is 12.3. The zero-order valence-corrected chi connectivity index (χ0v) is 15.2. The number of rotatable bonds is 1. The lowest BCUT2D eigenvalue weighted by atomic mass is 10.1. The lowest BCUT2D eigenvalue weighted by Gasteiger charge is -2.34. The molecule has 1 aliphatic rings. The highest BCUT2D eigenvalue weighted by Gasteiger charge is 2.29. The SMILES string of the molecule is CC(C)(C)OC(=O)N1CCC[C@@H](n2nc(Br)c3cnccc32)C1. The predicted molar refractivity (Wildman–Crippen MR) is 91.3 cm³/mol. The molecule has 0 bridgehead atoms. The maximum atomic E-state index is 12.3. The van der Waals surface area contributed by atoms with Crippen LogP contribution in [0, 0.1) is 0 Å². The second kappa shape index (κ2) is 6.11. The third-order valence-electron chi connectivity index (χ3n) is 3.86. The van der Waals surface area contributed by atoms with Gasteiger partial charge in [0.25, 0.3) is 0 Å². The molecule has 2 aromatic heterocycles. The number of hydrogen-bond donors (Lipinski definition) is 0. The highest BCUT2D eigenvalue weighted by atomic mass is 79.9. The molecule has 1 saturated heterocycles. The molecule has 0 spiro atoms. The molecule has 23 heavy (non-hydrogen) atoms. The third-order valence-corrected chi connectivity index (χ3v) is 4.44. The molecule has 6 nitrogen and oxygen atoms in total. The van der Waals surface area contributed by atoms with E-state index < -0.39 is 5.60 Å². The number of aromatic nitrogens is 3. The Morgan fingerprint density at radius 3 is 2.96 bits per heavy atom. The highest BCUT2D eigenvalue weighted by Crippen LogP contribution is 2.29. The summed E-state index contributed by atoms with van der Waals surface area (Å²) in [6, 6.07) is 2.10. The fourth-order valence-corrected chi connectivity index (χ4v) is 3.35. The number of ether oxygens (including phenoxy) is 1. The Morgan fingerprint density at radius 2 is 2.22 bits per heavy atom. The summed E-state index contributed by atoms with van der Waals surface area (Å²) >= 11 is 3.49. The van der Waals surface area contributed by atoms with E-state index in [0.717, 1.165) is 34.9 Å². The van der Waals surface area contributed by atoms with Gasteiger partial charge in [-0.1, -0.05) is 0 Å². The van der Waals surface area contributed by atoms with Crippen LogP contribution in [0.5, 0.6) is 0 Å². The molecule has 0 aromatic carbocycles. The number of carbonyl (C=O) groups is 1. The van der Waals surface area contributed by atoms with Crippen LogP contribution in [0.15, 0.2) is 23.1 Å². The third kappa shape index (κ3) is 3.49. The molecule has 3 heterocycles. The lowest BCUT2D eigenvalue weighted by molar-refractivity contribution is 0.0169. The fourth-order valence-electron chi connectivity index (χ4n) is 2.87. The summed E-state index contributed by atoms with van der Waals surface area (Å²) in [6.45, 7) is 7.00. The molecular weight excluding hydrogens is 360 g/mol. The standard InChI is InChI=1S/C16H21BrN4O2/c1-16(2,3)23-15(22)20-8-4-5-11(10-20)21-13-6-7-18-9-12(13)14(17)19-21/h6-7,9,11H,4-5,8,10H2,1-3H3/t11-/m1/s1. The molecule has 1 atom stereocenters. The summed E-state index contributed by atoms with van der Waals surface area (Å²) in [5, 5.41) is 5.58. The van der Waals surface area contributed by atoms with E-state index in [1.165, 1.54) is 0 Å². The number of amides is 1. The average Bonchev–Trinajstić information content (AvgIpc) is 2.83. The van der Waals surface area contributed by atoms with E-state index in [0.29, 0.717) is 6.54 Å². The van der Waals surface area contributed by atoms with Gasteiger partial charge in [0.05, 0.1) is 16.9 Å². The Kier molecular flexibility index (Phi) is 4.31. The normalized spacial score (nSPS) is 19.1. The molecule has 1 aliphatic heterocycles. The van der Waals surface area contributed by atoms with Crippen LogP contribution in [0.1, 0.15) is 39.7 Å². The molecule has 7 heteroatoms. The van der Waals surface area contributed by atoms with Crippen molar-refractivity contribution in [3.8, 4) is 0 Å². The van der Waals surface area contributed by atoms with Gasteiger partial charge in [-0.15, -0.1) is 0 Å². The number of pyridine rings is 1. The van der Waals surface area contributed by atoms with E-state index in [-0.39, 0.29) is 12.1 Å². The summed E-state index contributed by atoms with van der Waals surface area (Å²) in [4.78, 5) is 18.2. The van der Waals surface area contributed by atoms with E-state index in [4.69, 9.17) is 4.74 Å². The van der Waals surface area contributed by atoms with Crippen molar-refractivity contribution < 1.29 is 9.53 Å². The van der Waals surface area contributed by atoms with Crippen LogP contribution in [-0.4, -0.2) is 44.4 Å². The first kappa shape index (κ1) is 16.2. The van der Waals surface area contributed by atoms with Gasteiger partial charge in [0.2, 0.25) is 0 Å². The van der Waals surface area contributed by atoms with Gasteiger partial charge in [0, 0.05) is 25.5 Å². The van der Waals surface area contributed by atoms with E-state index in [9.17, 15) is 4.79 Å². The topological polar surface area (TPSA) is 60.2 Å². The van der Waals surface area contributed by atoms with Crippen molar-refractivity contribution in [2.45, 2.75) is 45.3 Å². The van der Waals surface area contributed by atoms with Crippen LogP contribution >= 0.6 is 15.9 Å². The zero-order chi connectivity index (χ0) is 16.6. The van der Waals surface area contributed by atoms with Crippen molar-refractivity contribution in [2.24, 2.45) is 0 Å². The molecule has 0 aliphatic carbocycles. The Balaban J connectivity index is 1.82. The van der Waals surface area contributed by atoms with Crippen molar-refractivity contribution in [3.05, 3.63) is 23.1 Å². The summed E-state index contributed by atoms with van der Waals surface area (Å²) in [6.07, 6.45) is 5.25. The second-order valence-electron chi connectivity index (χ2n) is 6.85. The number of hydrogen-bond acceptors (Lipinski definition) is 4. The lowest BCUT2D eigenvalue weighted by Crippen LogP contribution is -2.43. The molecule has 0 unspecified atom stereocenters. The van der Waals surface area contributed by atoms with Gasteiger partial charge < -0.3 is 9.64 Å². The minimum atomic E-state index is -0.475. The summed E-state index contributed by atoms with van der Waals surface area (Å²) in [5.74, 6) is 0. The average molecular weight is 381 g/mol. The number of halogens is 1. The minimum absolute atomic E-state index is 0.146. The Labute approximate surface area is 143 Å². The van der Waals surface area contributed by atoms with Crippen molar-refractivity contribution >= 4 is 32.9 Å². The number of piperidine rings is 1. The Morgan fingerprint density at radius 1 is 1.43 bits per heavy atom. The largest absolute Gasteiger partial charge is 0.444 e. The summed E-state index contributed by atoms with van der Waals surface area (Å²) < 4.78 is 8.28. The van der Waals surface area contributed by atoms with Gasteiger partial charge in [-0.25, -0.2) is 4.79 Å². The van der Waals surface area contributed by atoms with E-state index in [1.54, 1.807) is 17.3 Å². The van der Waals surface area contributed by atoms with Gasteiger partial charge >= 0.3 is 6.09 Å². The molecule has 1 amide bonds. The van der Waals surface area contributed by atoms with Crippen molar-refractivity contribution in [3.63, 3.8) is 0 Å². The number of nitrogens with zero attached hydrogens (tertiary/aromatic N) is 4. The fraction of sp³-hybridized carbons (Fsp3) is 0.562. The molecule has 1 fully saturated rings. The van der Waals surface area contributed by atoms with E-state index in [1.807, 2.05) is 31.5 Å². The van der Waals surface area contributed by atoms with Gasteiger partial charge in [0.1, 0.15) is 10.2 Å². The monoisotopic (exact) mass is 380 g/mol. The number of likely N-dealkylation sites (tertiary alicyclic amines) is 1. The molecule has 0 radical (unpaired) electrons. The van der Waals surface area contributed by atoms with Gasteiger partial charge in [-0.2, -0.15) is 5.10 Å². The van der Waals surface area contributed by atoms with Crippen LogP contribution < -0.4 is 0 Å². The molecule has 3 rings (SSSR count). The van der Waals surface area contributed by atoms with Gasteiger partial charge in [0.15, 0.2) is 0 Å². The van der Waals surface area contributed by atoms with Crippen molar-refractivity contribution in [2.75, 3.05) is 13.1 Å². The predicted octanol–water partition coefficient (Wildman–Crippen LogP) is 3.77. The Bertz CT molecular complexity index is 722. The highest BCUT2D eigenvalue weighted by molar-refractivity contribution is 9.10. The molecular formula is C16H21BrN4O2. The van der Waals surface area contributed by atoms with Gasteiger partial charge in [-0.05, 0) is 55.6 Å². The minimum Gasteiger partial charge on any atom is -0.444 e. The van der Waals surface area contributed by atoms with Crippen LogP contribution in [-0.2, 0) is 4.74 Å². The molecule has 0 saturated carbocycles. The summed E-state index contributed by atoms with van der Waals surface area (Å²) in [5.41, 5.74) is 0.555. The summed E-state index contributed by atoms with van der Waals surface area (Å²) in [7, 11) is 0. The second-order valence-corrected chi connectivity index (χ2v) is 7.60. The molecule has 2 aromatic rings. The van der Waals surface area contributed by atoms with Crippen LogP contribution in [0.4, 0.5) is 4.79 Å². The van der Waals surface area contributed by atoms with E-state index >= 15 is 0 Å². The smallest absolute Gasteiger partial charge is 0.410 e. The van der Waals surface area contributed by atoms with Crippen LogP contribution in [0.3, 0.4) is 0 Å². The first-order valence-electron chi connectivity index (χ1n) is 7.81. The first-order valence-corrected chi connectivity index (χ1v) is 8.60. The van der Waals surface area contributed by atoms with Gasteiger partial charge in [-0.3, -0.25) is 9.67 Å². The molecule has 124 valence electrons. The maximum Gasteiger partial charge on any atom is 0.410 e. The van der Waals surface area contributed by atoms with Crippen LogP contribution in [0.25, 0.3) is 10.9 Å². The van der Waals surface area contributed by atoms with E-state index in [2.05, 4.69) is 26.0 Å². The zero-order valence-electron chi connectivity index (χ0n) is 13.6. The Hall–Kier alpha value is -1.63. The van der Waals surface area contributed by atoms with Crippen molar-refractivity contribution in [1.82, 2.24) is 19.7 Å². The van der Waals surface area contributed by atoms with Crippen LogP contribution in [0.2, 0.25) is 0 Å². The quantitative estimate of drug-likeness (QED) is 0.755. The number of fused-ring (bicyclic) bond motifs is 1. The molecule has 0 N–H and O–H groups in total. The first-order chi connectivity index (χ1) is 10.8. The number of carbonyl (C=O) groups excluding carboxylic acids is 1.